The van der Waals surface area contributed by atoms with Crippen LogP contribution in [-0.4, -0.2) is 18.4 Å². The summed E-state index contributed by atoms with van der Waals surface area (Å²) in [4.78, 5) is 23.8. The zero-order valence-corrected chi connectivity index (χ0v) is 12.6. The number of hydrogen-bond acceptors (Lipinski definition) is 3. The topological polar surface area (TPSA) is 84.2 Å². The van der Waals surface area contributed by atoms with Crippen LogP contribution in [0, 0.1) is 13.8 Å². The number of carbonyl (C=O) groups is 2. The molecular weight excluding hydrogens is 278 g/mol. The van der Waals surface area contributed by atoms with Crippen LogP contribution in [0.4, 0.5) is 11.4 Å². The largest absolute Gasteiger partial charge is 0.399 e. The van der Waals surface area contributed by atoms with Crippen molar-refractivity contribution < 1.29 is 9.59 Å². The SMILES string of the molecule is Cc1ccc(NC(=O)CNC(=O)c2ccc(N)cc2)c(C)c1. The van der Waals surface area contributed by atoms with Crippen LogP contribution in [0.15, 0.2) is 42.5 Å². The van der Waals surface area contributed by atoms with E-state index in [2.05, 4.69) is 10.6 Å². The van der Waals surface area contributed by atoms with E-state index >= 15 is 0 Å². The van der Waals surface area contributed by atoms with E-state index in [0.29, 0.717) is 11.3 Å². The van der Waals surface area contributed by atoms with Gasteiger partial charge in [-0.1, -0.05) is 17.7 Å². The fourth-order valence-electron chi connectivity index (χ4n) is 2.05. The van der Waals surface area contributed by atoms with E-state index < -0.39 is 0 Å². The lowest BCUT2D eigenvalue weighted by Crippen LogP contribution is -2.33. The molecule has 0 radical (unpaired) electrons. The van der Waals surface area contributed by atoms with Crippen molar-refractivity contribution in [2.75, 3.05) is 17.6 Å². The number of amides is 2. The van der Waals surface area contributed by atoms with Gasteiger partial charge in [-0.3, -0.25) is 9.59 Å². The summed E-state index contributed by atoms with van der Waals surface area (Å²) in [7, 11) is 0. The molecule has 2 aromatic rings. The zero-order chi connectivity index (χ0) is 16.1. The van der Waals surface area contributed by atoms with Gasteiger partial charge in [-0.25, -0.2) is 0 Å². The Balaban J connectivity index is 1.89. The molecule has 2 aromatic carbocycles. The van der Waals surface area contributed by atoms with Gasteiger partial charge in [0.25, 0.3) is 5.91 Å². The van der Waals surface area contributed by atoms with Gasteiger partial charge in [0.1, 0.15) is 0 Å². The fraction of sp³-hybridized carbons (Fsp3) is 0.176. The van der Waals surface area contributed by atoms with Crippen molar-refractivity contribution in [3.05, 3.63) is 59.2 Å². The van der Waals surface area contributed by atoms with Crippen molar-refractivity contribution >= 4 is 23.2 Å². The van der Waals surface area contributed by atoms with E-state index in [4.69, 9.17) is 5.73 Å². The van der Waals surface area contributed by atoms with Crippen molar-refractivity contribution in [1.82, 2.24) is 5.32 Å². The number of anilines is 2. The van der Waals surface area contributed by atoms with Gasteiger partial charge in [0.2, 0.25) is 5.91 Å². The van der Waals surface area contributed by atoms with Crippen LogP contribution in [0.5, 0.6) is 0 Å². The molecule has 0 spiro atoms. The normalized spacial score (nSPS) is 10.1. The van der Waals surface area contributed by atoms with E-state index in [1.807, 2.05) is 32.0 Å². The molecule has 0 aromatic heterocycles. The summed E-state index contributed by atoms with van der Waals surface area (Å²) in [6.45, 7) is 3.83. The molecule has 0 atom stereocenters. The minimum absolute atomic E-state index is 0.0868. The van der Waals surface area contributed by atoms with Gasteiger partial charge in [0.05, 0.1) is 6.54 Å². The summed E-state index contributed by atoms with van der Waals surface area (Å²) in [5.41, 5.74) is 9.48. The summed E-state index contributed by atoms with van der Waals surface area (Å²) in [5, 5.41) is 5.36. The van der Waals surface area contributed by atoms with Crippen molar-refractivity contribution in [2.24, 2.45) is 0 Å². The molecule has 0 fully saturated rings. The van der Waals surface area contributed by atoms with Crippen LogP contribution in [-0.2, 0) is 4.79 Å². The first kappa shape index (κ1) is 15.6. The van der Waals surface area contributed by atoms with Crippen LogP contribution < -0.4 is 16.4 Å². The molecule has 0 saturated heterocycles. The molecule has 0 saturated carbocycles. The number of carbonyl (C=O) groups excluding carboxylic acids is 2. The molecule has 0 unspecified atom stereocenters. The van der Waals surface area contributed by atoms with E-state index in [1.165, 1.54) is 0 Å². The molecule has 2 amide bonds. The Labute approximate surface area is 129 Å². The summed E-state index contributed by atoms with van der Waals surface area (Å²) >= 11 is 0. The summed E-state index contributed by atoms with van der Waals surface area (Å²) in [6.07, 6.45) is 0. The highest BCUT2D eigenvalue weighted by Crippen LogP contribution is 2.15. The summed E-state index contributed by atoms with van der Waals surface area (Å²) < 4.78 is 0. The predicted molar refractivity (Wildman–Crippen MR) is 87.7 cm³/mol. The third-order valence-electron chi connectivity index (χ3n) is 3.24. The van der Waals surface area contributed by atoms with Gasteiger partial charge >= 0.3 is 0 Å². The lowest BCUT2D eigenvalue weighted by molar-refractivity contribution is -0.115. The van der Waals surface area contributed by atoms with E-state index in [0.717, 1.165) is 16.8 Å². The second-order valence-electron chi connectivity index (χ2n) is 5.17. The maximum Gasteiger partial charge on any atom is 0.251 e. The van der Waals surface area contributed by atoms with Crippen molar-refractivity contribution in [1.29, 1.82) is 0 Å². The van der Waals surface area contributed by atoms with E-state index in [-0.39, 0.29) is 18.4 Å². The lowest BCUT2D eigenvalue weighted by atomic mass is 10.1. The third-order valence-corrected chi connectivity index (χ3v) is 3.24. The highest BCUT2D eigenvalue weighted by molar-refractivity contribution is 5.99. The first-order valence-electron chi connectivity index (χ1n) is 6.96. The molecule has 0 aliphatic carbocycles. The molecular formula is C17H19N3O2. The number of nitrogens with two attached hydrogens (primary N) is 1. The molecule has 0 bridgehead atoms. The smallest absolute Gasteiger partial charge is 0.251 e. The van der Waals surface area contributed by atoms with Gasteiger partial charge in [0.15, 0.2) is 0 Å². The van der Waals surface area contributed by atoms with Crippen molar-refractivity contribution in [3.8, 4) is 0 Å². The van der Waals surface area contributed by atoms with Gasteiger partial charge < -0.3 is 16.4 Å². The van der Waals surface area contributed by atoms with Gasteiger partial charge in [-0.2, -0.15) is 0 Å². The molecule has 114 valence electrons. The monoisotopic (exact) mass is 297 g/mol. The standard InChI is InChI=1S/C17H19N3O2/c1-11-3-8-15(12(2)9-11)20-16(21)10-19-17(22)13-4-6-14(18)7-5-13/h3-9H,10,18H2,1-2H3,(H,19,22)(H,20,21). The van der Waals surface area contributed by atoms with E-state index in [9.17, 15) is 9.59 Å². The van der Waals surface area contributed by atoms with Crippen molar-refractivity contribution in [2.45, 2.75) is 13.8 Å². The maximum atomic E-state index is 11.9. The second-order valence-corrected chi connectivity index (χ2v) is 5.17. The Morgan fingerprint density at radius 3 is 2.36 bits per heavy atom. The Morgan fingerprint density at radius 1 is 1.05 bits per heavy atom. The molecule has 5 heteroatoms. The molecule has 5 nitrogen and oxygen atoms in total. The molecule has 0 aliphatic rings. The van der Waals surface area contributed by atoms with Gasteiger partial charge in [-0.15, -0.1) is 0 Å². The molecule has 0 aliphatic heterocycles. The zero-order valence-electron chi connectivity index (χ0n) is 12.6. The van der Waals surface area contributed by atoms with E-state index in [1.54, 1.807) is 24.3 Å². The van der Waals surface area contributed by atoms with Crippen molar-refractivity contribution in [3.63, 3.8) is 0 Å². The number of benzene rings is 2. The summed E-state index contributed by atoms with van der Waals surface area (Å²) in [5.74, 6) is -0.577. The lowest BCUT2D eigenvalue weighted by Gasteiger charge is -2.10. The van der Waals surface area contributed by atoms with Crippen LogP contribution in [0.1, 0.15) is 21.5 Å². The molecule has 2 rings (SSSR count). The minimum Gasteiger partial charge on any atom is -0.399 e. The second kappa shape index (κ2) is 6.76. The number of nitrogen functional groups attached to an aromatic ring is 1. The van der Waals surface area contributed by atoms with Crippen LogP contribution in [0.2, 0.25) is 0 Å². The number of hydrogen-bond donors (Lipinski definition) is 3. The van der Waals surface area contributed by atoms with Crippen LogP contribution in [0.3, 0.4) is 0 Å². The Morgan fingerprint density at radius 2 is 1.73 bits per heavy atom. The Hall–Kier alpha value is -2.82. The average molecular weight is 297 g/mol. The first-order valence-corrected chi connectivity index (χ1v) is 6.96. The maximum absolute atomic E-state index is 11.9. The third kappa shape index (κ3) is 4.09. The first-order chi connectivity index (χ1) is 10.5. The molecule has 0 heterocycles. The molecule has 22 heavy (non-hydrogen) atoms. The highest BCUT2D eigenvalue weighted by atomic mass is 16.2. The van der Waals surface area contributed by atoms with Crippen LogP contribution >= 0.6 is 0 Å². The average Bonchev–Trinajstić information content (AvgIpc) is 2.48. The Bertz CT molecular complexity index is 694. The quantitative estimate of drug-likeness (QED) is 0.757. The van der Waals surface area contributed by atoms with Gasteiger partial charge in [0, 0.05) is 16.9 Å². The van der Waals surface area contributed by atoms with Gasteiger partial charge in [-0.05, 0) is 49.7 Å². The number of aryl methyl sites for hydroxylation is 2. The minimum atomic E-state index is -0.309. The summed E-state index contributed by atoms with van der Waals surface area (Å²) in [6, 6.07) is 12.3. The molecule has 4 N–H and O–H groups in total. The number of nitrogens with one attached hydrogen (secondary N) is 2. The number of rotatable bonds is 4. The Kier molecular flexibility index (Phi) is 4.78. The fourth-order valence-corrected chi connectivity index (χ4v) is 2.05. The highest BCUT2D eigenvalue weighted by Gasteiger charge is 2.09. The predicted octanol–water partition coefficient (Wildman–Crippen LogP) is 2.25. The van der Waals surface area contributed by atoms with Crippen LogP contribution in [0.25, 0.3) is 0 Å².